The molecule has 0 amide bonds. The van der Waals surface area contributed by atoms with Crippen LogP contribution in [0.25, 0.3) is 0 Å². The molecule has 3 heterocycles. The minimum atomic E-state index is -0.732. The number of cyclic esters (lactones) is 2. The van der Waals surface area contributed by atoms with Crippen LogP contribution < -0.4 is 10.6 Å². The van der Waals surface area contributed by atoms with Gasteiger partial charge in [-0.25, -0.2) is 9.37 Å². The van der Waals surface area contributed by atoms with Crippen molar-refractivity contribution in [3.8, 4) is 0 Å². The Morgan fingerprint density at radius 3 is 1.84 bits per heavy atom. The van der Waals surface area contributed by atoms with E-state index < -0.39 is 11.8 Å². The van der Waals surface area contributed by atoms with Gasteiger partial charge in [0.2, 0.25) is 5.95 Å². The third-order valence-electron chi connectivity index (χ3n) is 5.98. The van der Waals surface area contributed by atoms with E-state index in [2.05, 4.69) is 20.6 Å². The van der Waals surface area contributed by atoms with Gasteiger partial charge in [-0.05, 0) is 48.0 Å². The maximum atomic E-state index is 14.5. The number of hydrogen-bond donors (Lipinski definition) is 2. The van der Waals surface area contributed by atoms with Crippen LogP contribution in [0.2, 0.25) is 0 Å². The summed E-state index contributed by atoms with van der Waals surface area (Å²) in [6.07, 6.45) is 6.32. The third-order valence-corrected chi connectivity index (χ3v) is 5.98. The second-order valence-corrected chi connectivity index (χ2v) is 8.96. The van der Waals surface area contributed by atoms with Crippen LogP contribution in [0, 0.1) is 17.7 Å². The number of anilines is 2. The van der Waals surface area contributed by atoms with E-state index in [9.17, 15) is 14.0 Å². The van der Waals surface area contributed by atoms with Crippen LogP contribution in [0.1, 0.15) is 24.0 Å². The lowest BCUT2D eigenvalue weighted by Gasteiger charge is -2.22. The first-order valence-electron chi connectivity index (χ1n) is 12.0. The van der Waals surface area contributed by atoms with E-state index in [1.807, 2.05) is 60.7 Å². The second-order valence-electron chi connectivity index (χ2n) is 8.96. The van der Waals surface area contributed by atoms with Crippen LogP contribution in [0.5, 0.6) is 0 Å². The summed E-state index contributed by atoms with van der Waals surface area (Å²) in [6.45, 7) is 0. The van der Waals surface area contributed by atoms with Gasteiger partial charge < -0.3 is 14.8 Å². The largest absolute Gasteiger partial charge is 0.410 e. The molecule has 188 valence electrons. The first-order valence-corrected chi connectivity index (χ1v) is 12.0. The molecule has 2 unspecified atom stereocenters. The Labute approximate surface area is 213 Å². The summed E-state index contributed by atoms with van der Waals surface area (Å²) in [5.74, 6) is -1.58. The van der Waals surface area contributed by atoms with Crippen molar-refractivity contribution < 1.29 is 23.5 Å². The van der Waals surface area contributed by atoms with Crippen LogP contribution in [-0.2, 0) is 31.9 Å². The summed E-state index contributed by atoms with van der Waals surface area (Å²) in [4.78, 5) is 32.4. The lowest BCUT2D eigenvalue weighted by atomic mass is 9.95. The summed E-state index contributed by atoms with van der Waals surface area (Å²) < 4.78 is 25.1. The van der Waals surface area contributed by atoms with Crippen molar-refractivity contribution in [3.63, 3.8) is 0 Å². The standard InChI is InChI=1S/C28H25FN4O4/c29-22-17-30-28(32-24-14-21(16-26(35)37-24)12-19-9-5-2-6-10-19)33-27(22)31-23-13-20(15-25(34)36-23)11-18-7-3-1-4-8-18/h1-10,13-14,17,20-21H,11-12,15-16H2,(H2,30,31,32,33). The number of rotatable bonds is 8. The number of carbonyl (C=O) groups is 2. The van der Waals surface area contributed by atoms with Crippen LogP contribution >= 0.6 is 0 Å². The zero-order valence-corrected chi connectivity index (χ0v) is 19.9. The van der Waals surface area contributed by atoms with Gasteiger partial charge in [-0.2, -0.15) is 4.98 Å². The van der Waals surface area contributed by atoms with Crippen molar-refractivity contribution in [2.45, 2.75) is 25.7 Å². The van der Waals surface area contributed by atoms with Crippen molar-refractivity contribution in [2.75, 3.05) is 10.6 Å². The van der Waals surface area contributed by atoms with Crippen molar-refractivity contribution >= 4 is 23.7 Å². The highest BCUT2D eigenvalue weighted by atomic mass is 19.1. The van der Waals surface area contributed by atoms with Gasteiger partial charge in [-0.15, -0.1) is 0 Å². The summed E-state index contributed by atoms with van der Waals surface area (Å²) in [5.41, 5.74) is 2.18. The van der Waals surface area contributed by atoms with E-state index in [1.54, 1.807) is 12.2 Å². The number of halogens is 1. The molecule has 0 saturated heterocycles. The van der Waals surface area contributed by atoms with Crippen molar-refractivity contribution in [3.05, 3.63) is 108 Å². The molecule has 2 atom stereocenters. The van der Waals surface area contributed by atoms with E-state index in [1.165, 1.54) is 0 Å². The Hall–Kier alpha value is -4.53. The van der Waals surface area contributed by atoms with Gasteiger partial charge in [0, 0.05) is 0 Å². The topological polar surface area (TPSA) is 102 Å². The van der Waals surface area contributed by atoms with E-state index in [-0.39, 0.29) is 54.2 Å². The zero-order chi connectivity index (χ0) is 25.6. The van der Waals surface area contributed by atoms with Gasteiger partial charge in [0.15, 0.2) is 23.4 Å². The highest BCUT2D eigenvalue weighted by Gasteiger charge is 2.25. The summed E-state index contributed by atoms with van der Waals surface area (Å²) in [6, 6.07) is 19.6. The SMILES string of the molecule is O=C1CC(Cc2ccccc2)C=C(Nc2ncc(F)c(NC3=CC(Cc4ccccc4)CC(=O)O3)n2)O1. The summed E-state index contributed by atoms with van der Waals surface area (Å²) >= 11 is 0. The van der Waals surface area contributed by atoms with E-state index in [0.717, 1.165) is 17.3 Å². The zero-order valence-electron chi connectivity index (χ0n) is 19.9. The molecule has 2 aliphatic rings. The number of ether oxygens (including phenoxy) is 2. The predicted octanol–water partition coefficient (Wildman–Crippen LogP) is 4.73. The molecule has 2 aliphatic heterocycles. The minimum Gasteiger partial charge on any atom is -0.410 e. The number of carbonyl (C=O) groups excluding carboxylic acids is 2. The van der Waals surface area contributed by atoms with E-state index in [4.69, 9.17) is 9.47 Å². The minimum absolute atomic E-state index is 0.0203. The molecule has 0 bridgehead atoms. The third kappa shape index (κ3) is 6.58. The quantitative estimate of drug-likeness (QED) is 0.428. The van der Waals surface area contributed by atoms with Gasteiger partial charge in [0.1, 0.15) is 0 Å². The fourth-order valence-corrected chi connectivity index (χ4v) is 4.34. The smallest absolute Gasteiger partial charge is 0.313 e. The maximum Gasteiger partial charge on any atom is 0.313 e. The number of benzene rings is 2. The number of allylic oxidation sites excluding steroid dienone is 2. The van der Waals surface area contributed by atoms with Crippen molar-refractivity contribution in [1.29, 1.82) is 0 Å². The molecule has 5 rings (SSSR count). The molecule has 0 fully saturated rings. The number of aromatic nitrogens is 2. The normalized spacial score (nSPS) is 19.3. The number of esters is 2. The van der Waals surface area contributed by atoms with Crippen LogP contribution in [0.4, 0.5) is 16.2 Å². The Morgan fingerprint density at radius 1 is 0.784 bits per heavy atom. The Kier molecular flexibility index (Phi) is 7.21. The highest BCUT2D eigenvalue weighted by molar-refractivity contribution is 5.74. The molecule has 2 aromatic carbocycles. The molecular formula is C28H25FN4O4. The number of hydrogen-bond acceptors (Lipinski definition) is 8. The van der Waals surface area contributed by atoms with Gasteiger partial charge in [-0.3, -0.25) is 14.9 Å². The number of nitrogens with one attached hydrogen (secondary N) is 2. The summed E-state index contributed by atoms with van der Waals surface area (Å²) in [7, 11) is 0. The molecule has 0 saturated carbocycles. The average molecular weight is 501 g/mol. The molecule has 0 aliphatic carbocycles. The Balaban J connectivity index is 1.29. The lowest BCUT2D eigenvalue weighted by molar-refractivity contribution is -0.142. The lowest BCUT2D eigenvalue weighted by Crippen LogP contribution is -2.23. The first-order chi connectivity index (χ1) is 18.0. The monoisotopic (exact) mass is 500 g/mol. The molecule has 9 heteroatoms. The van der Waals surface area contributed by atoms with Gasteiger partial charge in [0.25, 0.3) is 0 Å². The first kappa shape index (κ1) is 24.2. The fourth-order valence-electron chi connectivity index (χ4n) is 4.34. The average Bonchev–Trinajstić information content (AvgIpc) is 2.87. The van der Waals surface area contributed by atoms with Crippen LogP contribution in [-0.4, -0.2) is 21.9 Å². The molecule has 3 aromatic rings. The van der Waals surface area contributed by atoms with Gasteiger partial charge >= 0.3 is 11.9 Å². The molecule has 0 spiro atoms. The second kappa shape index (κ2) is 11.0. The molecule has 1 aromatic heterocycles. The molecule has 37 heavy (non-hydrogen) atoms. The fraction of sp³-hybridized carbons (Fsp3) is 0.214. The Morgan fingerprint density at radius 2 is 1.30 bits per heavy atom. The maximum absolute atomic E-state index is 14.5. The van der Waals surface area contributed by atoms with Crippen LogP contribution in [0.15, 0.2) is 90.8 Å². The highest BCUT2D eigenvalue weighted by Crippen LogP contribution is 2.26. The van der Waals surface area contributed by atoms with Crippen LogP contribution in [0.3, 0.4) is 0 Å². The Bertz CT molecular complexity index is 1340. The molecule has 2 N–H and O–H groups in total. The van der Waals surface area contributed by atoms with Crippen molar-refractivity contribution in [1.82, 2.24) is 9.97 Å². The van der Waals surface area contributed by atoms with Gasteiger partial charge in [-0.1, -0.05) is 60.7 Å². The van der Waals surface area contributed by atoms with E-state index in [0.29, 0.717) is 12.8 Å². The molecule has 8 nitrogen and oxygen atoms in total. The summed E-state index contributed by atoms with van der Waals surface area (Å²) in [5, 5.41) is 5.59. The molecular weight excluding hydrogens is 475 g/mol. The van der Waals surface area contributed by atoms with Gasteiger partial charge in [0.05, 0.1) is 19.0 Å². The number of nitrogens with zero attached hydrogens (tertiary/aromatic N) is 2. The predicted molar refractivity (Wildman–Crippen MR) is 134 cm³/mol. The van der Waals surface area contributed by atoms with Crippen molar-refractivity contribution in [2.24, 2.45) is 11.8 Å². The van der Waals surface area contributed by atoms with E-state index >= 15 is 0 Å². The molecule has 0 radical (unpaired) electrons.